The average molecular weight is 350 g/mol. The number of carbonyl (C=O) groups excluding carboxylic acids is 2. The molecular weight excluding hydrogens is 332 g/mol. The number of para-hydroxylation sites is 2. The Labute approximate surface area is 151 Å². The molecule has 0 saturated heterocycles. The van der Waals surface area contributed by atoms with Gasteiger partial charge >= 0.3 is 5.97 Å². The van der Waals surface area contributed by atoms with E-state index in [4.69, 9.17) is 9.47 Å². The van der Waals surface area contributed by atoms with Gasteiger partial charge in [-0.2, -0.15) is 5.26 Å². The van der Waals surface area contributed by atoms with Crippen molar-refractivity contribution in [1.29, 1.82) is 5.26 Å². The molecule has 26 heavy (non-hydrogen) atoms. The summed E-state index contributed by atoms with van der Waals surface area (Å²) in [6, 6.07) is 15.4. The van der Waals surface area contributed by atoms with Crippen molar-refractivity contribution in [3.8, 4) is 11.8 Å². The third-order valence-electron chi connectivity index (χ3n) is 3.47. The van der Waals surface area contributed by atoms with Crippen molar-refractivity contribution < 1.29 is 19.1 Å². The fraction of sp³-hybridized carbons (Fsp3) is 0.150. The third-order valence-corrected chi connectivity index (χ3v) is 3.47. The van der Waals surface area contributed by atoms with Crippen LogP contribution in [0.15, 0.2) is 54.1 Å². The van der Waals surface area contributed by atoms with Gasteiger partial charge in [0, 0.05) is 5.56 Å². The van der Waals surface area contributed by atoms with E-state index in [1.54, 1.807) is 55.5 Å². The number of benzene rings is 2. The maximum Gasteiger partial charge on any atom is 0.340 e. The number of hydrogen-bond acceptors (Lipinski definition) is 5. The van der Waals surface area contributed by atoms with E-state index in [0.29, 0.717) is 11.3 Å². The molecule has 132 valence electrons. The first kappa shape index (κ1) is 18.7. The van der Waals surface area contributed by atoms with E-state index in [9.17, 15) is 14.9 Å². The van der Waals surface area contributed by atoms with Crippen LogP contribution >= 0.6 is 0 Å². The van der Waals surface area contributed by atoms with Crippen molar-refractivity contribution in [3.63, 3.8) is 0 Å². The second-order valence-corrected chi connectivity index (χ2v) is 5.13. The molecule has 0 aliphatic rings. The number of rotatable bonds is 6. The van der Waals surface area contributed by atoms with Gasteiger partial charge in [-0.25, -0.2) is 4.79 Å². The summed E-state index contributed by atoms with van der Waals surface area (Å²) in [5.41, 5.74) is 0.975. The van der Waals surface area contributed by atoms with E-state index < -0.39 is 11.9 Å². The Morgan fingerprint density at radius 3 is 2.54 bits per heavy atom. The molecule has 0 aliphatic carbocycles. The summed E-state index contributed by atoms with van der Waals surface area (Å²) >= 11 is 0. The number of hydrogen-bond donors (Lipinski definition) is 1. The lowest BCUT2D eigenvalue weighted by Gasteiger charge is -2.10. The predicted octanol–water partition coefficient (Wildman–Crippen LogP) is 3.42. The van der Waals surface area contributed by atoms with Crippen LogP contribution in [-0.2, 0) is 9.53 Å². The monoisotopic (exact) mass is 350 g/mol. The Kier molecular flexibility index (Phi) is 6.52. The van der Waals surface area contributed by atoms with Crippen LogP contribution in [0.3, 0.4) is 0 Å². The number of methoxy groups -OCH3 is 1. The van der Waals surface area contributed by atoms with E-state index in [-0.39, 0.29) is 23.4 Å². The lowest BCUT2D eigenvalue weighted by molar-refractivity contribution is -0.112. The summed E-state index contributed by atoms with van der Waals surface area (Å²) in [4.78, 5) is 24.5. The van der Waals surface area contributed by atoms with Crippen LogP contribution in [0, 0.1) is 11.3 Å². The molecule has 0 fully saturated rings. The molecule has 0 spiro atoms. The van der Waals surface area contributed by atoms with E-state index >= 15 is 0 Å². The summed E-state index contributed by atoms with van der Waals surface area (Å²) in [7, 11) is 1.51. The van der Waals surface area contributed by atoms with Crippen molar-refractivity contribution in [3.05, 3.63) is 65.2 Å². The van der Waals surface area contributed by atoms with E-state index in [0.717, 1.165) is 0 Å². The zero-order valence-electron chi connectivity index (χ0n) is 14.5. The molecule has 2 aromatic carbocycles. The first-order valence-electron chi connectivity index (χ1n) is 7.93. The quantitative estimate of drug-likeness (QED) is 0.490. The Morgan fingerprint density at radius 1 is 1.15 bits per heavy atom. The van der Waals surface area contributed by atoms with Gasteiger partial charge in [-0.1, -0.05) is 30.3 Å². The van der Waals surface area contributed by atoms with Crippen molar-refractivity contribution in [2.45, 2.75) is 6.92 Å². The highest BCUT2D eigenvalue weighted by Crippen LogP contribution is 2.22. The van der Waals surface area contributed by atoms with Crippen molar-refractivity contribution in [2.75, 3.05) is 19.0 Å². The Bertz CT molecular complexity index is 881. The molecule has 0 bridgehead atoms. The number of carbonyl (C=O) groups is 2. The summed E-state index contributed by atoms with van der Waals surface area (Å²) in [5, 5.41) is 11.9. The molecule has 0 aromatic heterocycles. The second-order valence-electron chi connectivity index (χ2n) is 5.13. The molecule has 2 aromatic rings. The maximum absolute atomic E-state index is 12.5. The summed E-state index contributed by atoms with van der Waals surface area (Å²) in [6.45, 7) is 1.92. The minimum Gasteiger partial charge on any atom is -0.496 e. The number of ether oxygens (including phenoxy) is 2. The van der Waals surface area contributed by atoms with Gasteiger partial charge in [-0.15, -0.1) is 0 Å². The van der Waals surface area contributed by atoms with Crippen molar-refractivity contribution in [1.82, 2.24) is 0 Å². The highest BCUT2D eigenvalue weighted by molar-refractivity contribution is 6.12. The van der Waals surface area contributed by atoms with Gasteiger partial charge in [0.2, 0.25) is 0 Å². The smallest absolute Gasteiger partial charge is 0.340 e. The standard InChI is InChI=1S/C20H18N2O4/c1-3-26-20(24)16-9-5-6-10-17(16)22-19(23)15(13-21)12-14-8-4-7-11-18(14)25-2/h4-12H,3H2,1-2H3,(H,22,23)/b15-12-. The molecule has 2 rings (SSSR count). The fourth-order valence-corrected chi connectivity index (χ4v) is 2.26. The molecule has 6 nitrogen and oxygen atoms in total. The van der Waals surface area contributed by atoms with Crippen molar-refractivity contribution >= 4 is 23.6 Å². The van der Waals surface area contributed by atoms with Crippen LogP contribution < -0.4 is 10.1 Å². The molecule has 0 unspecified atom stereocenters. The van der Waals surface area contributed by atoms with Gasteiger partial charge in [0.15, 0.2) is 0 Å². The number of anilines is 1. The lowest BCUT2D eigenvalue weighted by Crippen LogP contribution is -2.17. The number of nitrogens with one attached hydrogen (secondary N) is 1. The first-order valence-corrected chi connectivity index (χ1v) is 7.93. The predicted molar refractivity (Wildman–Crippen MR) is 97.6 cm³/mol. The summed E-state index contributed by atoms with van der Waals surface area (Å²) in [6.07, 6.45) is 1.43. The van der Waals surface area contributed by atoms with Crippen LogP contribution in [0.25, 0.3) is 6.08 Å². The number of esters is 1. The van der Waals surface area contributed by atoms with Crippen LogP contribution in [0.5, 0.6) is 5.75 Å². The zero-order chi connectivity index (χ0) is 18.9. The van der Waals surface area contributed by atoms with Gasteiger partial charge in [-0.3, -0.25) is 4.79 Å². The fourth-order valence-electron chi connectivity index (χ4n) is 2.26. The molecule has 0 saturated carbocycles. The Balaban J connectivity index is 2.30. The topological polar surface area (TPSA) is 88.4 Å². The lowest BCUT2D eigenvalue weighted by atomic mass is 10.1. The normalized spacial score (nSPS) is 10.6. The highest BCUT2D eigenvalue weighted by Gasteiger charge is 2.16. The molecule has 0 radical (unpaired) electrons. The van der Waals surface area contributed by atoms with Gasteiger partial charge in [-0.05, 0) is 31.2 Å². The number of nitriles is 1. The third kappa shape index (κ3) is 4.48. The number of nitrogens with zero attached hydrogens (tertiary/aromatic N) is 1. The van der Waals surface area contributed by atoms with Gasteiger partial charge in [0.05, 0.1) is 25.0 Å². The summed E-state index contributed by atoms with van der Waals surface area (Å²) in [5.74, 6) is -0.634. The van der Waals surface area contributed by atoms with Crippen molar-refractivity contribution in [2.24, 2.45) is 0 Å². The molecule has 0 aliphatic heterocycles. The minimum absolute atomic E-state index is 0.117. The second kappa shape index (κ2) is 9.04. The maximum atomic E-state index is 12.5. The largest absolute Gasteiger partial charge is 0.496 e. The average Bonchev–Trinajstić information content (AvgIpc) is 2.66. The van der Waals surface area contributed by atoms with Gasteiger partial charge in [0.25, 0.3) is 5.91 Å². The van der Waals surface area contributed by atoms with E-state index in [1.165, 1.54) is 13.2 Å². The summed E-state index contributed by atoms with van der Waals surface area (Å²) < 4.78 is 10.2. The molecule has 1 N–H and O–H groups in total. The molecular formula is C20H18N2O4. The molecule has 6 heteroatoms. The highest BCUT2D eigenvalue weighted by atomic mass is 16.5. The van der Waals surface area contributed by atoms with Crippen LogP contribution in [0.4, 0.5) is 5.69 Å². The zero-order valence-corrected chi connectivity index (χ0v) is 14.5. The van der Waals surface area contributed by atoms with Crippen LogP contribution in [0.1, 0.15) is 22.8 Å². The Morgan fingerprint density at radius 2 is 1.85 bits per heavy atom. The van der Waals surface area contributed by atoms with Gasteiger partial charge in [0.1, 0.15) is 17.4 Å². The minimum atomic E-state index is -0.629. The molecule has 0 heterocycles. The number of amides is 1. The van der Waals surface area contributed by atoms with Gasteiger partial charge < -0.3 is 14.8 Å². The van der Waals surface area contributed by atoms with E-state index in [2.05, 4.69) is 5.32 Å². The molecule has 1 amide bonds. The van der Waals surface area contributed by atoms with Crippen LogP contribution in [-0.4, -0.2) is 25.6 Å². The molecule has 0 atom stereocenters. The first-order chi connectivity index (χ1) is 12.6. The van der Waals surface area contributed by atoms with Crippen LogP contribution in [0.2, 0.25) is 0 Å². The SMILES string of the molecule is CCOC(=O)c1ccccc1NC(=O)/C(C#N)=C\c1ccccc1OC. The Hall–Kier alpha value is -3.59. The van der Waals surface area contributed by atoms with E-state index in [1.807, 2.05) is 6.07 Å².